The third kappa shape index (κ3) is 4.79. The van der Waals surface area contributed by atoms with Gasteiger partial charge in [0, 0.05) is 18.4 Å². The van der Waals surface area contributed by atoms with Gasteiger partial charge in [-0.25, -0.2) is 4.98 Å². The van der Waals surface area contributed by atoms with Gasteiger partial charge in [0.25, 0.3) is 0 Å². The monoisotopic (exact) mass is 223 g/mol. The van der Waals surface area contributed by atoms with Crippen LogP contribution in [0.3, 0.4) is 0 Å². The predicted molar refractivity (Wildman–Crippen MR) is 68.3 cm³/mol. The number of hydrogen-bond donors (Lipinski definition) is 2. The molecule has 16 heavy (non-hydrogen) atoms. The molecule has 3 nitrogen and oxygen atoms in total. The number of unbranched alkanes of at least 4 members (excludes halogenated alkanes) is 1. The molecule has 0 amide bonds. The Bertz CT molecular complexity index is 280. The molecule has 3 heteroatoms. The number of aromatic amines is 1. The molecule has 1 aromatic rings. The molecule has 1 heterocycles. The molecular formula is C13H25N3. The first-order chi connectivity index (χ1) is 7.76. The van der Waals surface area contributed by atoms with Gasteiger partial charge in [-0.2, -0.15) is 0 Å². The molecule has 0 radical (unpaired) electrons. The average Bonchev–Trinajstić information content (AvgIpc) is 2.69. The molecule has 0 saturated heterocycles. The lowest BCUT2D eigenvalue weighted by Crippen LogP contribution is -2.22. The minimum atomic E-state index is 0.823. The fraction of sp³-hybridized carbons (Fsp3) is 0.769. The summed E-state index contributed by atoms with van der Waals surface area (Å²) < 4.78 is 0. The van der Waals surface area contributed by atoms with E-state index < -0.39 is 0 Å². The van der Waals surface area contributed by atoms with E-state index in [0.29, 0.717) is 0 Å². The summed E-state index contributed by atoms with van der Waals surface area (Å²) in [5.74, 6) is 1.82. The van der Waals surface area contributed by atoms with Crippen molar-refractivity contribution in [2.45, 2.75) is 53.0 Å². The first-order valence-corrected chi connectivity index (χ1v) is 6.47. The molecule has 0 aromatic carbocycles. The minimum absolute atomic E-state index is 0.823. The van der Waals surface area contributed by atoms with Gasteiger partial charge in [-0.15, -0.1) is 0 Å². The van der Waals surface area contributed by atoms with Crippen LogP contribution in [-0.4, -0.2) is 16.5 Å². The van der Waals surface area contributed by atoms with Gasteiger partial charge < -0.3 is 10.3 Å². The van der Waals surface area contributed by atoms with Gasteiger partial charge in [0.05, 0.1) is 0 Å². The van der Waals surface area contributed by atoms with Gasteiger partial charge >= 0.3 is 0 Å². The largest absolute Gasteiger partial charge is 0.345 e. The Morgan fingerprint density at radius 1 is 1.44 bits per heavy atom. The smallest absolute Gasteiger partial charge is 0.103 e. The lowest BCUT2D eigenvalue weighted by molar-refractivity contribution is 0.418. The zero-order valence-electron chi connectivity index (χ0n) is 10.8. The highest BCUT2D eigenvalue weighted by Crippen LogP contribution is 2.11. The molecule has 0 saturated carbocycles. The van der Waals surface area contributed by atoms with E-state index in [1.54, 1.807) is 0 Å². The van der Waals surface area contributed by atoms with Crippen molar-refractivity contribution in [1.29, 1.82) is 0 Å². The van der Waals surface area contributed by atoms with E-state index in [4.69, 9.17) is 0 Å². The standard InChI is InChI=1S/C13H25N3/c1-4-6-7-12(5-2)8-14-9-13-10-15-11(3)16-13/h10,12,14H,4-9H2,1-3H3,(H,15,16). The van der Waals surface area contributed by atoms with Crippen molar-refractivity contribution in [3.63, 3.8) is 0 Å². The Balaban J connectivity index is 2.17. The summed E-state index contributed by atoms with van der Waals surface area (Å²) in [6, 6.07) is 0. The molecule has 1 aromatic heterocycles. The number of rotatable bonds is 8. The van der Waals surface area contributed by atoms with Crippen molar-refractivity contribution in [1.82, 2.24) is 15.3 Å². The van der Waals surface area contributed by atoms with Crippen molar-refractivity contribution >= 4 is 0 Å². The van der Waals surface area contributed by atoms with E-state index in [0.717, 1.165) is 24.8 Å². The second-order valence-electron chi connectivity index (χ2n) is 4.54. The maximum absolute atomic E-state index is 4.19. The van der Waals surface area contributed by atoms with Crippen LogP contribution in [0, 0.1) is 12.8 Å². The minimum Gasteiger partial charge on any atom is -0.345 e. The quantitative estimate of drug-likeness (QED) is 0.711. The average molecular weight is 223 g/mol. The fourth-order valence-corrected chi connectivity index (χ4v) is 1.92. The third-order valence-corrected chi connectivity index (χ3v) is 3.05. The van der Waals surface area contributed by atoms with Crippen LogP contribution in [0.2, 0.25) is 0 Å². The summed E-state index contributed by atoms with van der Waals surface area (Å²) in [4.78, 5) is 7.43. The highest BCUT2D eigenvalue weighted by molar-refractivity contribution is 4.99. The van der Waals surface area contributed by atoms with Crippen molar-refractivity contribution in [2.75, 3.05) is 6.54 Å². The van der Waals surface area contributed by atoms with Crippen LogP contribution in [-0.2, 0) is 6.54 Å². The van der Waals surface area contributed by atoms with Crippen LogP contribution in [0.5, 0.6) is 0 Å². The molecule has 1 atom stereocenters. The lowest BCUT2D eigenvalue weighted by Gasteiger charge is -2.14. The second kappa shape index (κ2) is 7.44. The van der Waals surface area contributed by atoms with Crippen LogP contribution in [0.25, 0.3) is 0 Å². The van der Waals surface area contributed by atoms with E-state index in [1.165, 1.54) is 31.4 Å². The van der Waals surface area contributed by atoms with Crippen LogP contribution in [0.1, 0.15) is 51.0 Å². The predicted octanol–water partition coefficient (Wildman–Crippen LogP) is 3.02. The Hall–Kier alpha value is -0.830. The lowest BCUT2D eigenvalue weighted by atomic mass is 9.99. The molecule has 0 aliphatic carbocycles. The Morgan fingerprint density at radius 2 is 2.25 bits per heavy atom. The van der Waals surface area contributed by atoms with E-state index in [-0.39, 0.29) is 0 Å². The molecule has 0 aliphatic heterocycles. The molecule has 92 valence electrons. The van der Waals surface area contributed by atoms with Crippen LogP contribution < -0.4 is 5.32 Å². The van der Waals surface area contributed by atoms with Gasteiger partial charge in [-0.05, 0) is 25.8 Å². The topological polar surface area (TPSA) is 40.7 Å². The van der Waals surface area contributed by atoms with E-state index in [2.05, 4.69) is 29.1 Å². The van der Waals surface area contributed by atoms with E-state index >= 15 is 0 Å². The van der Waals surface area contributed by atoms with Crippen LogP contribution in [0.4, 0.5) is 0 Å². The van der Waals surface area contributed by atoms with Gasteiger partial charge in [-0.3, -0.25) is 0 Å². The molecule has 1 unspecified atom stereocenters. The molecule has 0 bridgehead atoms. The molecule has 0 fully saturated rings. The summed E-state index contributed by atoms with van der Waals surface area (Å²) in [5.41, 5.74) is 1.18. The summed E-state index contributed by atoms with van der Waals surface area (Å²) in [5, 5.41) is 3.50. The van der Waals surface area contributed by atoms with Gasteiger partial charge in [0.1, 0.15) is 5.82 Å². The number of nitrogens with zero attached hydrogens (tertiary/aromatic N) is 1. The van der Waals surface area contributed by atoms with Gasteiger partial charge in [-0.1, -0.05) is 33.1 Å². The van der Waals surface area contributed by atoms with Crippen molar-refractivity contribution in [3.05, 3.63) is 17.7 Å². The Labute approximate surface area is 99.1 Å². The highest BCUT2D eigenvalue weighted by atomic mass is 15.0. The molecule has 1 rings (SSSR count). The number of aryl methyl sites for hydroxylation is 1. The van der Waals surface area contributed by atoms with Crippen molar-refractivity contribution in [2.24, 2.45) is 5.92 Å². The highest BCUT2D eigenvalue weighted by Gasteiger charge is 2.05. The number of aromatic nitrogens is 2. The van der Waals surface area contributed by atoms with Crippen molar-refractivity contribution in [3.8, 4) is 0 Å². The molecular weight excluding hydrogens is 198 g/mol. The van der Waals surface area contributed by atoms with Crippen LogP contribution in [0.15, 0.2) is 6.20 Å². The van der Waals surface area contributed by atoms with Crippen LogP contribution >= 0.6 is 0 Å². The first-order valence-electron chi connectivity index (χ1n) is 6.47. The summed E-state index contributed by atoms with van der Waals surface area (Å²) in [7, 11) is 0. The summed E-state index contributed by atoms with van der Waals surface area (Å²) in [6.45, 7) is 8.55. The number of imidazole rings is 1. The Morgan fingerprint density at radius 3 is 2.81 bits per heavy atom. The zero-order chi connectivity index (χ0) is 11.8. The SMILES string of the molecule is CCCCC(CC)CNCc1cnc(C)[nH]1. The second-order valence-corrected chi connectivity index (χ2v) is 4.54. The number of H-pyrrole nitrogens is 1. The van der Waals surface area contributed by atoms with Crippen molar-refractivity contribution < 1.29 is 0 Å². The summed E-state index contributed by atoms with van der Waals surface area (Å²) >= 11 is 0. The maximum Gasteiger partial charge on any atom is 0.103 e. The van der Waals surface area contributed by atoms with E-state index in [1.807, 2.05) is 13.1 Å². The summed E-state index contributed by atoms with van der Waals surface area (Å²) in [6.07, 6.45) is 7.19. The first kappa shape index (κ1) is 13.2. The van der Waals surface area contributed by atoms with E-state index in [9.17, 15) is 0 Å². The molecule has 2 N–H and O–H groups in total. The number of nitrogens with one attached hydrogen (secondary N) is 2. The fourth-order valence-electron chi connectivity index (χ4n) is 1.92. The third-order valence-electron chi connectivity index (χ3n) is 3.05. The van der Waals surface area contributed by atoms with Gasteiger partial charge in [0.15, 0.2) is 0 Å². The molecule has 0 spiro atoms. The molecule has 0 aliphatic rings. The maximum atomic E-state index is 4.19. The normalized spacial score (nSPS) is 12.9. The zero-order valence-corrected chi connectivity index (χ0v) is 10.8. The number of hydrogen-bond acceptors (Lipinski definition) is 2. The Kier molecular flexibility index (Phi) is 6.16. The van der Waals surface area contributed by atoms with Gasteiger partial charge in [0.2, 0.25) is 0 Å².